The lowest BCUT2D eigenvalue weighted by Gasteiger charge is -2.36. The molecule has 2 aromatic carbocycles. The maximum Gasteiger partial charge on any atom is 0.386 e. The van der Waals surface area contributed by atoms with Gasteiger partial charge in [0, 0.05) is 25.9 Å². The van der Waals surface area contributed by atoms with E-state index < -0.39 is 6.04 Å². The molecule has 3 aliphatic heterocycles. The maximum absolute atomic E-state index is 12.8. The minimum atomic E-state index is -0.539. The highest BCUT2D eigenvalue weighted by atomic mass is 16.7. The number of amides is 2. The molecule has 2 atom stereocenters. The Labute approximate surface area is 196 Å². The van der Waals surface area contributed by atoms with E-state index in [0.717, 1.165) is 38.0 Å². The Bertz CT molecular complexity index is 872. The number of rotatable bonds is 7. The van der Waals surface area contributed by atoms with Crippen LogP contribution in [0.25, 0.3) is 0 Å². The van der Waals surface area contributed by atoms with Crippen molar-refractivity contribution in [1.82, 2.24) is 15.3 Å². The average molecular weight is 449 g/mol. The molecule has 0 N–H and O–H groups in total. The summed E-state index contributed by atoms with van der Waals surface area (Å²) in [6.45, 7) is 3.28. The number of benzene rings is 2. The number of hydrogen-bond donors (Lipinski definition) is 0. The van der Waals surface area contributed by atoms with Crippen molar-refractivity contribution in [3.8, 4) is 0 Å². The third-order valence-electron chi connectivity index (χ3n) is 6.89. The molecule has 0 spiro atoms. The molecule has 3 fully saturated rings. The van der Waals surface area contributed by atoms with Gasteiger partial charge < -0.3 is 0 Å². The number of fused-ring (bicyclic) bond motifs is 1. The van der Waals surface area contributed by atoms with Crippen LogP contribution in [-0.4, -0.2) is 48.6 Å². The SMILES string of the molecule is C1CCC[N]CC1.O=CN(OCc1ccccc1)C1CC2(Cc3ccccc3)CC[N+]2C1=O. The molecule has 3 saturated heterocycles. The fraction of sp³-hybridized carbons (Fsp3) is 0.481. The molecule has 174 valence electrons. The summed E-state index contributed by atoms with van der Waals surface area (Å²) >= 11 is 0. The van der Waals surface area contributed by atoms with Gasteiger partial charge in [0.25, 0.3) is 0 Å². The predicted molar refractivity (Wildman–Crippen MR) is 127 cm³/mol. The van der Waals surface area contributed by atoms with Crippen molar-refractivity contribution in [3.05, 3.63) is 71.8 Å². The van der Waals surface area contributed by atoms with Gasteiger partial charge in [0.05, 0.1) is 6.42 Å². The van der Waals surface area contributed by atoms with Crippen LogP contribution in [0, 0.1) is 0 Å². The first kappa shape index (κ1) is 23.6. The lowest BCUT2D eigenvalue weighted by atomic mass is 9.79. The topological polar surface area (TPSA) is 66.6 Å². The first-order valence-corrected chi connectivity index (χ1v) is 12.1. The van der Waals surface area contributed by atoms with Gasteiger partial charge in [-0.2, -0.15) is 0 Å². The second-order valence-corrected chi connectivity index (χ2v) is 9.16. The minimum absolute atomic E-state index is 0.00709. The van der Waals surface area contributed by atoms with Crippen LogP contribution in [0.15, 0.2) is 60.7 Å². The van der Waals surface area contributed by atoms with Crippen molar-refractivity contribution in [2.45, 2.75) is 63.1 Å². The zero-order chi connectivity index (χ0) is 22.9. The zero-order valence-corrected chi connectivity index (χ0v) is 19.3. The van der Waals surface area contributed by atoms with Gasteiger partial charge >= 0.3 is 5.91 Å². The van der Waals surface area contributed by atoms with Gasteiger partial charge in [0.2, 0.25) is 6.41 Å². The molecule has 0 saturated carbocycles. The predicted octanol–water partition coefficient (Wildman–Crippen LogP) is 3.57. The molecule has 2 unspecified atom stereocenters. The molecule has 6 nitrogen and oxygen atoms in total. The van der Waals surface area contributed by atoms with Gasteiger partial charge in [-0.1, -0.05) is 78.4 Å². The van der Waals surface area contributed by atoms with Gasteiger partial charge in [0.1, 0.15) is 13.2 Å². The van der Waals surface area contributed by atoms with Crippen LogP contribution in [0.3, 0.4) is 0 Å². The number of carbonyl (C=O) groups is 2. The van der Waals surface area contributed by atoms with Crippen molar-refractivity contribution in [2.24, 2.45) is 0 Å². The van der Waals surface area contributed by atoms with Crippen molar-refractivity contribution < 1.29 is 14.4 Å². The fourth-order valence-electron chi connectivity index (χ4n) is 4.98. The van der Waals surface area contributed by atoms with Gasteiger partial charge in [-0.3, -0.25) is 9.63 Å². The highest BCUT2D eigenvalue weighted by Crippen LogP contribution is 2.43. The molecule has 3 heterocycles. The second-order valence-electron chi connectivity index (χ2n) is 9.16. The molecule has 6 heteroatoms. The third-order valence-corrected chi connectivity index (χ3v) is 6.89. The van der Waals surface area contributed by atoms with Crippen LogP contribution >= 0.6 is 0 Å². The molecule has 0 aromatic heterocycles. The van der Waals surface area contributed by atoms with E-state index in [1.165, 1.54) is 36.3 Å². The molecular weight excluding hydrogens is 414 g/mol. The van der Waals surface area contributed by atoms with E-state index in [-0.39, 0.29) is 18.1 Å². The summed E-state index contributed by atoms with van der Waals surface area (Å²) in [4.78, 5) is 32.0. The monoisotopic (exact) mass is 448 g/mol. The van der Waals surface area contributed by atoms with Crippen LogP contribution in [0.5, 0.6) is 0 Å². The summed E-state index contributed by atoms with van der Waals surface area (Å²) in [5.41, 5.74) is 2.00. The largest absolute Gasteiger partial charge is 0.386 e. The van der Waals surface area contributed by atoms with Crippen molar-refractivity contribution in [3.63, 3.8) is 0 Å². The smallest absolute Gasteiger partial charge is 0.276 e. The maximum atomic E-state index is 12.8. The lowest BCUT2D eigenvalue weighted by Crippen LogP contribution is -2.63. The Morgan fingerprint density at radius 3 is 2.18 bits per heavy atom. The quantitative estimate of drug-likeness (QED) is 0.370. The van der Waals surface area contributed by atoms with E-state index in [4.69, 9.17) is 4.84 Å². The molecular formula is C27H34N3O3+. The van der Waals surface area contributed by atoms with Crippen molar-refractivity contribution in [1.29, 1.82) is 0 Å². The molecule has 0 bridgehead atoms. The van der Waals surface area contributed by atoms with E-state index in [1.54, 1.807) is 0 Å². The Morgan fingerprint density at radius 2 is 1.61 bits per heavy atom. The molecule has 2 amide bonds. The van der Waals surface area contributed by atoms with Crippen molar-refractivity contribution >= 4 is 12.3 Å². The Hall–Kier alpha value is -2.54. The van der Waals surface area contributed by atoms with E-state index in [2.05, 4.69) is 17.4 Å². The molecule has 3 aliphatic rings. The number of hydroxylamine groups is 2. The molecule has 33 heavy (non-hydrogen) atoms. The summed E-state index contributed by atoms with van der Waals surface area (Å²) in [6.07, 6.45) is 8.52. The molecule has 2 radical (unpaired) electrons. The Balaban J connectivity index is 0.000000318. The van der Waals surface area contributed by atoms with Crippen LogP contribution < -0.4 is 10.2 Å². The number of carbonyl (C=O) groups excluding carboxylic acids is 2. The highest BCUT2D eigenvalue weighted by Gasteiger charge is 2.68. The summed E-state index contributed by atoms with van der Waals surface area (Å²) in [7, 11) is 0. The van der Waals surface area contributed by atoms with Crippen LogP contribution in [-0.2, 0) is 27.5 Å². The summed E-state index contributed by atoms with van der Waals surface area (Å²) in [6, 6.07) is 19.3. The highest BCUT2D eigenvalue weighted by molar-refractivity contribution is 5.90. The average Bonchev–Trinajstić information content (AvgIpc) is 3.07. The van der Waals surface area contributed by atoms with Gasteiger partial charge in [-0.05, 0) is 24.0 Å². The van der Waals surface area contributed by atoms with Crippen LogP contribution in [0.1, 0.15) is 49.7 Å². The second kappa shape index (κ2) is 11.5. The molecule has 5 rings (SSSR count). The van der Waals surface area contributed by atoms with E-state index in [1.807, 2.05) is 53.4 Å². The number of nitrogens with zero attached hydrogens (tertiary/aromatic N) is 3. The fourth-order valence-corrected chi connectivity index (χ4v) is 4.98. The van der Waals surface area contributed by atoms with E-state index in [0.29, 0.717) is 12.8 Å². The summed E-state index contributed by atoms with van der Waals surface area (Å²) < 4.78 is 0. The van der Waals surface area contributed by atoms with E-state index >= 15 is 0 Å². The van der Waals surface area contributed by atoms with Crippen molar-refractivity contribution in [2.75, 3.05) is 19.6 Å². The summed E-state index contributed by atoms with van der Waals surface area (Å²) in [5.74, 6) is -0.00709. The lowest BCUT2D eigenvalue weighted by molar-refractivity contribution is -0.193. The first-order chi connectivity index (χ1) is 16.2. The van der Waals surface area contributed by atoms with Crippen LogP contribution in [0.2, 0.25) is 0 Å². The van der Waals surface area contributed by atoms with Gasteiger partial charge in [-0.25, -0.2) is 15.2 Å². The Kier molecular flexibility index (Phi) is 8.26. The molecule has 0 aliphatic carbocycles. The van der Waals surface area contributed by atoms with E-state index in [9.17, 15) is 9.59 Å². The van der Waals surface area contributed by atoms with Gasteiger partial charge in [0.15, 0.2) is 11.6 Å². The Morgan fingerprint density at radius 1 is 0.970 bits per heavy atom. The zero-order valence-electron chi connectivity index (χ0n) is 19.3. The normalized spacial score (nSPS) is 24.6. The standard InChI is InChI=1S/C21H22N2O3.C6H12N/c24-16-23(26-15-18-9-5-2-6-10-18)19-14-21(11-12-22(21)20(19)25)13-17-7-3-1-4-8-17;1-2-4-6-7-5-3-1/h1-10,16,19H,11-15H2;1-6H2/q+1;. The van der Waals surface area contributed by atoms with Gasteiger partial charge in [-0.15, -0.1) is 0 Å². The van der Waals surface area contributed by atoms with Crippen LogP contribution in [0.4, 0.5) is 0 Å². The number of hydrogen-bond acceptors (Lipinski definition) is 3. The third kappa shape index (κ3) is 5.88. The first-order valence-electron chi connectivity index (χ1n) is 12.1. The summed E-state index contributed by atoms with van der Waals surface area (Å²) in [5, 5.41) is 5.48. The minimum Gasteiger partial charge on any atom is -0.276 e. The molecule has 2 aromatic rings.